The molecule has 0 saturated carbocycles. The molecule has 1 aromatic heterocycles. The molecule has 2 rings (SSSR count). The van der Waals surface area contributed by atoms with Crippen LogP contribution in [0.25, 0.3) is 10.9 Å². The molecule has 0 fully saturated rings. The minimum atomic E-state index is -0.125. The third-order valence-electron chi connectivity index (χ3n) is 3.30. The molecule has 124 valence electrons. The molecule has 0 aliphatic carbocycles. The van der Waals surface area contributed by atoms with Crippen LogP contribution in [0.2, 0.25) is 0 Å². The number of nitrogens with one attached hydrogen (secondary N) is 2. The molecule has 0 bridgehead atoms. The van der Waals surface area contributed by atoms with Crippen LogP contribution >= 0.6 is 11.8 Å². The molecule has 1 unspecified atom stereocenters. The molecule has 0 radical (unpaired) electrons. The second-order valence-electron chi connectivity index (χ2n) is 5.45. The Hall–Kier alpha value is -1.86. The van der Waals surface area contributed by atoms with Crippen LogP contribution in [0.1, 0.15) is 25.6 Å². The Bertz CT molecular complexity index is 715. The first-order chi connectivity index (χ1) is 11.1. The quantitative estimate of drug-likeness (QED) is 0.634. The van der Waals surface area contributed by atoms with Crippen molar-refractivity contribution in [3.05, 3.63) is 40.4 Å². The fraction of sp³-hybridized carbons (Fsp3) is 0.438. The van der Waals surface area contributed by atoms with E-state index in [4.69, 9.17) is 5.73 Å². The maximum absolute atomic E-state index is 11.9. The van der Waals surface area contributed by atoms with Gasteiger partial charge in [0.15, 0.2) is 0 Å². The summed E-state index contributed by atoms with van der Waals surface area (Å²) in [6.45, 7) is 2.53. The SMILES string of the molecule is CC(N)CCNC(=O)CCSCc1nc2ccccc2c(=O)[nH]1. The topological polar surface area (TPSA) is 101 Å². The maximum atomic E-state index is 11.9. The molecular formula is C16H22N4O2S. The zero-order chi connectivity index (χ0) is 16.7. The van der Waals surface area contributed by atoms with Gasteiger partial charge in [-0.3, -0.25) is 9.59 Å². The van der Waals surface area contributed by atoms with Gasteiger partial charge in [0.05, 0.1) is 16.7 Å². The van der Waals surface area contributed by atoms with Gasteiger partial charge in [0, 0.05) is 24.8 Å². The van der Waals surface area contributed by atoms with Gasteiger partial charge in [0.2, 0.25) is 5.91 Å². The Morgan fingerprint density at radius 3 is 3.00 bits per heavy atom. The summed E-state index contributed by atoms with van der Waals surface area (Å²) >= 11 is 1.57. The number of para-hydroxylation sites is 1. The molecule has 0 aliphatic rings. The van der Waals surface area contributed by atoms with Gasteiger partial charge in [-0.2, -0.15) is 11.8 Å². The number of fused-ring (bicyclic) bond motifs is 1. The molecule has 6 nitrogen and oxygen atoms in total. The van der Waals surface area contributed by atoms with E-state index in [1.54, 1.807) is 17.8 Å². The normalized spacial score (nSPS) is 12.3. The Balaban J connectivity index is 1.76. The number of aromatic amines is 1. The van der Waals surface area contributed by atoms with Crippen molar-refractivity contribution in [2.45, 2.75) is 31.6 Å². The number of thioether (sulfide) groups is 1. The number of hydrogen-bond donors (Lipinski definition) is 3. The van der Waals surface area contributed by atoms with E-state index in [0.29, 0.717) is 41.2 Å². The van der Waals surface area contributed by atoms with Crippen molar-refractivity contribution in [3.63, 3.8) is 0 Å². The molecule has 0 spiro atoms. The van der Waals surface area contributed by atoms with Crippen molar-refractivity contribution in [2.24, 2.45) is 5.73 Å². The van der Waals surface area contributed by atoms with E-state index in [1.165, 1.54) is 0 Å². The molecular weight excluding hydrogens is 312 g/mol. The van der Waals surface area contributed by atoms with Crippen molar-refractivity contribution < 1.29 is 4.79 Å². The van der Waals surface area contributed by atoms with Crippen molar-refractivity contribution in [2.75, 3.05) is 12.3 Å². The van der Waals surface area contributed by atoms with Crippen molar-refractivity contribution in [1.29, 1.82) is 0 Å². The number of nitrogens with two attached hydrogens (primary N) is 1. The van der Waals surface area contributed by atoms with E-state index in [1.807, 2.05) is 25.1 Å². The average Bonchev–Trinajstić information content (AvgIpc) is 2.51. The Morgan fingerprint density at radius 2 is 2.22 bits per heavy atom. The highest BCUT2D eigenvalue weighted by Gasteiger charge is 2.05. The first-order valence-corrected chi connectivity index (χ1v) is 8.79. The average molecular weight is 334 g/mol. The highest BCUT2D eigenvalue weighted by Crippen LogP contribution is 2.11. The molecule has 23 heavy (non-hydrogen) atoms. The van der Waals surface area contributed by atoms with Crippen LogP contribution in [0.5, 0.6) is 0 Å². The summed E-state index contributed by atoms with van der Waals surface area (Å²) in [6, 6.07) is 7.35. The fourth-order valence-corrected chi connectivity index (χ4v) is 2.87. The van der Waals surface area contributed by atoms with Gasteiger partial charge >= 0.3 is 0 Å². The molecule has 1 heterocycles. The van der Waals surface area contributed by atoms with Gasteiger partial charge in [0.25, 0.3) is 5.56 Å². The lowest BCUT2D eigenvalue weighted by atomic mass is 10.2. The number of aromatic nitrogens is 2. The summed E-state index contributed by atoms with van der Waals surface area (Å²) in [5, 5.41) is 3.43. The fourth-order valence-electron chi connectivity index (χ4n) is 2.06. The lowest BCUT2D eigenvalue weighted by Gasteiger charge is -2.07. The number of nitrogens with zero attached hydrogens (tertiary/aromatic N) is 1. The summed E-state index contributed by atoms with van der Waals surface area (Å²) in [4.78, 5) is 30.8. The van der Waals surface area contributed by atoms with Crippen LogP contribution in [-0.4, -0.2) is 34.2 Å². The molecule has 1 amide bonds. The van der Waals surface area contributed by atoms with Gasteiger partial charge in [0.1, 0.15) is 5.82 Å². The Kier molecular flexibility index (Phi) is 6.61. The van der Waals surface area contributed by atoms with Crippen LogP contribution in [0.4, 0.5) is 0 Å². The second-order valence-corrected chi connectivity index (χ2v) is 6.55. The summed E-state index contributed by atoms with van der Waals surface area (Å²) < 4.78 is 0. The van der Waals surface area contributed by atoms with Crippen molar-refractivity contribution >= 4 is 28.6 Å². The highest BCUT2D eigenvalue weighted by molar-refractivity contribution is 7.98. The third kappa shape index (κ3) is 5.69. The molecule has 0 saturated heterocycles. The van der Waals surface area contributed by atoms with Crippen LogP contribution in [-0.2, 0) is 10.5 Å². The van der Waals surface area contributed by atoms with Crippen LogP contribution < -0.4 is 16.6 Å². The lowest BCUT2D eigenvalue weighted by Crippen LogP contribution is -2.29. The number of amides is 1. The molecule has 7 heteroatoms. The van der Waals surface area contributed by atoms with E-state index in [2.05, 4.69) is 15.3 Å². The van der Waals surface area contributed by atoms with Gasteiger partial charge in [-0.1, -0.05) is 12.1 Å². The zero-order valence-corrected chi connectivity index (χ0v) is 14.0. The number of carbonyl (C=O) groups excluding carboxylic acids is 1. The largest absolute Gasteiger partial charge is 0.356 e. The van der Waals surface area contributed by atoms with E-state index in [9.17, 15) is 9.59 Å². The minimum absolute atomic E-state index is 0.0260. The van der Waals surface area contributed by atoms with E-state index >= 15 is 0 Å². The Labute approximate surface area is 139 Å². The monoisotopic (exact) mass is 334 g/mol. The predicted octanol–water partition coefficient (Wildman–Crippen LogP) is 1.40. The maximum Gasteiger partial charge on any atom is 0.258 e. The first-order valence-electron chi connectivity index (χ1n) is 7.64. The van der Waals surface area contributed by atoms with Gasteiger partial charge in [-0.25, -0.2) is 4.98 Å². The second kappa shape index (κ2) is 8.69. The number of hydrogen-bond acceptors (Lipinski definition) is 5. The van der Waals surface area contributed by atoms with Gasteiger partial charge < -0.3 is 16.0 Å². The standard InChI is InChI=1S/C16H22N4O2S/c1-11(17)6-8-18-15(21)7-9-23-10-14-19-13-5-3-2-4-12(13)16(22)20-14/h2-5,11H,6-10,17H2,1H3,(H,18,21)(H,19,20,22). The minimum Gasteiger partial charge on any atom is -0.356 e. The lowest BCUT2D eigenvalue weighted by molar-refractivity contribution is -0.120. The summed E-state index contributed by atoms with van der Waals surface area (Å²) in [5.74, 6) is 1.92. The van der Waals surface area contributed by atoms with Crippen LogP contribution in [0.3, 0.4) is 0 Å². The number of H-pyrrole nitrogens is 1. The molecule has 1 atom stereocenters. The van der Waals surface area contributed by atoms with E-state index < -0.39 is 0 Å². The summed E-state index contributed by atoms with van der Waals surface area (Å²) in [6.07, 6.45) is 1.22. The molecule has 0 aliphatic heterocycles. The van der Waals surface area contributed by atoms with Crippen LogP contribution in [0.15, 0.2) is 29.1 Å². The van der Waals surface area contributed by atoms with Gasteiger partial charge in [-0.05, 0) is 25.5 Å². The molecule has 1 aromatic carbocycles. The van der Waals surface area contributed by atoms with Crippen molar-refractivity contribution in [3.8, 4) is 0 Å². The number of rotatable bonds is 8. The highest BCUT2D eigenvalue weighted by atomic mass is 32.2. The van der Waals surface area contributed by atoms with E-state index in [0.717, 1.165) is 6.42 Å². The van der Waals surface area contributed by atoms with Gasteiger partial charge in [-0.15, -0.1) is 0 Å². The first kappa shape index (κ1) is 17.5. The number of carbonyl (C=O) groups is 1. The summed E-state index contributed by atoms with van der Waals surface area (Å²) in [7, 11) is 0. The smallest absolute Gasteiger partial charge is 0.258 e. The predicted molar refractivity (Wildman–Crippen MR) is 94.4 cm³/mol. The van der Waals surface area contributed by atoms with E-state index in [-0.39, 0.29) is 17.5 Å². The molecule has 2 aromatic rings. The van der Waals surface area contributed by atoms with Crippen molar-refractivity contribution in [1.82, 2.24) is 15.3 Å². The number of benzene rings is 1. The Morgan fingerprint density at radius 1 is 1.43 bits per heavy atom. The summed E-state index contributed by atoms with van der Waals surface area (Å²) in [5.41, 5.74) is 6.19. The third-order valence-corrected chi connectivity index (χ3v) is 4.27. The molecule has 4 N–H and O–H groups in total. The van der Waals surface area contributed by atoms with Crippen LogP contribution in [0, 0.1) is 0 Å². The zero-order valence-electron chi connectivity index (χ0n) is 13.2.